The van der Waals surface area contributed by atoms with Gasteiger partial charge in [-0.1, -0.05) is 0 Å². The van der Waals surface area contributed by atoms with E-state index >= 15 is 0 Å². The van der Waals surface area contributed by atoms with Gasteiger partial charge in [-0.2, -0.15) is 13.2 Å². The lowest BCUT2D eigenvalue weighted by atomic mass is 10.1. The molecule has 0 aliphatic heterocycles. The topological polar surface area (TPSA) is 61.0 Å². The second-order valence-electron chi connectivity index (χ2n) is 4.29. The number of ether oxygens (including phenoxy) is 1. The molecule has 0 amide bonds. The summed E-state index contributed by atoms with van der Waals surface area (Å²) in [6.45, 7) is 3.41. The molecule has 2 N–H and O–H groups in total. The van der Waals surface area contributed by atoms with Crippen LogP contribution in [0.15, 0.2) is 24.3 Å². The summed E-state index contributed by atoms with van der Waals surface area (Å²) < 4.78 is 43.9. The Morgan fingerprint density at radius 2 is 1.65 bits per heavy atom. The molecular weight excluding hydrogens is 271 g/mol. The summed E-state index contributed by atoms with van der Waals surface area (Å²) in [6.07, 6.45) is -4.57. The van der Waals surface area contributed by atoms with Gasteiger partial charge >= 0.3 is 12.2 Å². The highest BCUT2D eigenvalue weighted by molar-refractivity contribution is 5.49. The van der Waals surface area contributed by atoms with Crippen molar-refractivity contribution in [3.05, 3.63) is 41.2 Å². The summed E-state index contributed by atoms with van der Waals surface area (Å²) >= 11 is 0. The van der Waals surface area contributed by atoms with Crippen LogP contribution >= 0.6 is 0 Å². The Bertz CT molecular complexity index is 621. The van der Waals surface area contributed by atoms with E-state index in [1.54, 1.807) is 19.9 Å². The molecule has 0 unspecified atom stereocenters. The van der Waals surface area contributed by atoms with Crippen LogP contribution in [0.2, 0.25) is 0 Å². The number of nitrogens with zero attached hydrogens (tertiary/aromatic N) is 2. The monoisotopic (exact) mass is 283 g/mol. The minimum atomic E-state index is -4.57. The predicted molar refractivity (Wildman–Crippen MR) is 67.4 cm³/mol. The molecule has 7 heteroatoms. The van der Waals surface area contributed by atoms with Crippen LogP contribution in [0.1, 0.15) is 17.0 Å². The second-order valence-corrected chi connectivity index (χ2v) is 4.29. The molecule has 20 heavy (non-hydrogen) atoms. The summed E-state index contributed by atoms with van der Waals surface area (Å²) in [4.78, 5) is 7.89. The first-order valence-corrected chi connectivity index (χ1v) is 5.72. The van der Waals surface area contributed by atoms with Crippen molar-refractivity contribution in [1.29, 1.82) is 0 Å². The van der Waals surface area contributed by atoms with Crippen molar-refractivity contribution in [2.45, 2.75) is 20.0 Å². The molecule has 0 fully saturated rings. The highest BCUT2D eigenvalue weighted by Gasteiger charge is 2.35. The van der Waals surface area contributed by atoms with Gasteiger partial charge in [0.1, 0.15) is 11.3 Å². The summed E-state index contributed by atoms with van der Waals surface area (Å²) in [5, 5.41) is 0. The molecule has 2 rings (SSSR count). The van der Waals surface area contributed by atoms with E-state index in [9.17, 15) is 13.2 Å². The third-order valence-electron chi connectivity index (χ3n) is 2.47. The van der Waals surface area contributed by atoms with Crippen LogP contribution in [0, 0.1) is 13.8 Å². The molecule has 0 aliphatic rings. The van der Waals surface area contributed by atoms with Crippen LogP contribution in [0.5, 0.6) is 11.8 Å². The fraction of sp³-hybridized carbons (Fsp3) is 0.231. The van der Waals surface area contributed by atoms with Crippen molar-refractivity contribution in [2.24, 2.45) is 0 Å². The fourth-order valence-electron chi connectivity index (χ4n) is 1.70. The number of halogens is 3. The van der Waals surface area contributed by atoms with E-state index in [4.69, 9.17) is 10.5 Å². The molecule has 4 nitrogen and oxygen atoms in total. The van der Waals surface area contributed by atoms with E-state index in [-0.39, 0.29) is 17.4 Å². The van der Waals surface area contributed by atoms with Gasteiger partial charge < -0.3 is 10.5 Å². The summed E-state index contributed by atoms with van der Waals surface area (Å²) in [5.74, 6) is -0.378. The highest BCUT2D eigenvalue weighted by atomic mass is 19.4. The summed E-state index contributed by atoms with van der Waals surface area (Å²) in [5.41, 5.74) is 5.64. The van der Waals surface area contributed by atoms with E-state index < -0.39 is 11.7 Å². The number of alkyl halides is 3. The molecule has 0 saturated carbocycles. The normalized spacial score (nSPS) is 11.4. The van der Waals surface area contributed by atoms with Gasteiger partial charge in [-0.15, -0.1) is 0 Å². The average molecular weight is 283 g/mol. The van der Waals surface area contributed by atoms with Crippen LogP contribution in [0.3, 0.4) is 0 Å². The minimum absolute atomic E-state index is 0.00557. The molecule has 0 atom stereocenters. The molecular formula is C13H12F3N3O. The van der Waals surface area contributed by atoms with E-state index in [0.717, 1.165) is 12.1 Å². The second kappa shape index (κ2) is 4.99. The van der Waals surface area contributed by atoms with E-state index in [1.165, 1.54) is 6.07 Å². The Kier molecular flexibility index (Phi) is 3.52. The molecule has 106 valence electrons. The van der Waals surface area contributed by atoms with Gasteiger partial charge in [-0.25, -0.2) is 9.97 Å². The molecule has 1 aromatic carbocycles. The number of anilines is 1. The molecule has 1 heterocycles. The number of rotatable bonds is 2. The Hall–Kier alpha value is -2.31. The zero-order valence-electron chi connectivity index (χ0n) is 10.8. The van der Waals surface area contributed by atoms with Crippen LogP contribution in [-0.4, -0.2) is 9.97 Å². The van der Waals surface area contributed by atoms with Gasteiger partial charge in [0.2, 0.25) is 0 Å². The van der Waals surface area contributed by atoms with Crippen molar-refractivity contribution < 1.29 is 17.9 Å². The maximum atomic E-state index is 12.9. The Balaban J connectivity index is 2.43. The lowest BCUT2D eigenvalue weighted by Gasteiger charge is -2.13. The van der Waals surface area contributed by atoms with E-state index in [0.29, 0.717) is 11.4 Å². The van der Waals surface area contributed by atoms with E-state index in [2.05, 4.69) is 9.97 Å². The van der Waals surface area contributed by atoms with Crippen LogP contribution in [-0.2, 0) is 6.18 Å². The van der Waals surface area contributed by atoms with Crippen molar-refractivity contribution in [1.82, 2.24) is 9.97 Å². The summed E-state index contributed by atoms with van der Waals surface area (Å²) in [7, 11) is 0. The maximum absolute atomic E-state index is 12.9. The lowest BCUT2D eigenvalue weighted by Crippen LogP contribution is -2.08. The predicted octanol–water partition coefficient (Wildman–Crippen LogP) is 3.49. The maximum Gasteiger partial charge on any atom is 0.420 e. The first-order valence-electron chi connectivity index (χ1n) is 5.72. The molecule has 0 radical (unpaired) electrons. The van der Waals surface area contributed by atoms with Gasteiger partial charge in [0.15, 0.2) is 0 Å². The highest BCUT2D eigenvalue weighted by Crippen LogP contribution is 2.38. The van der Waals surface area contributed by atoms with Crippen molar-refractivity contribution in [3.8, 4) is 11.8 Å². The molecule has 0 spiro atoms. The van der Waals surface area contributed by atoms with Gasteiger partial charge in [0.25, 0.3) is 0 Å². The van der Waals surface area contributed by atoms with Crippen molar-refractivity contribution >= 4 is 5.69 Å². The van der Waals surface area contributed by atoms with Gasteiger partial charge in [0, 0.05) is 17.1 Å². The van der Waals surface area contributed by atoms with Crippen LogP contribution in [0.25, 0.3) is 0 Å². The first kappa shape index (κ1) is 14.1. The average Bonchev–Trinajstić information content (AvgIpc) is 2.28. The Morgan fingerprint density at radius 1 is 1.05 bits per heavy atom. The van der Waals surface area contributed by atoms with Gasteiger partial charge in [-0.05, 0) is 38.1 Å². The zero-order valence-corrected chi connectivity index (χ0v) is 10.8. The number of aryl methyl sites for hydroxylation is 2. The molecule has 0 bridgehead atoms. The number of aromatic nitrogens is 2. The Labute approximate surface area is 113 Å². The van der Waals surface area contributed by atoms with Gasteiger partial charge in [0.05, 0.1) is 0 Å². The number of hydrogen-bond acceptors (Lipinski definition) is 4. The van der Waals surface area contributed by atoms with Crippen molar-refractivity contribution in [3.63, 3.8) is 0 Å². The van der Waals surface area contributed by atoms with E-state index in [1.807, 2.05) is 0 Å². The largest absolute Gasteiger partial charge is 0.424 e. The third-order valence-corrected chi connectivity index (χ3v) is 2.47. The quantitative estimate of drug-likeness (QED) is 0.857. The third kappa shape index (κ3) is 3.17. The molecule has 0 aliphatic carbocycles. The number of benzene rings is 1. The van der Waals surface area contributed by atoms with Crippen LogP contribution < -0.4 is 10.5 Å². The van der Waals surface area contributed by atoms with Gasteiger partial charge in [-0.3, -0.25) is 0 Å². The van der Waals surface area contributed by atoms with Crippen molar-refractivity contribution in [2.75, 3.05) is 5.73 Å². The summed E-state index contributed by atoms with van der Waals surface area (Å²) in [6, 6.07) is 4.86. The minimum Gasteiger partial charge on any atom is -0.424 e. The number of nitrogens with two attached hydrogens (primary N) is 1. The Morgan fingerprint density at radius 3 is 2.20 bits per heavy atom. The lowest BCUT2D eigenvalue weighted by molar-refractivity contribution is -0.138. The first-order chi connectivity index (χ1) is 9.25. The standard InChI is InChI=1S/C13H12F3N3O/c1-7-5-8(2)19-12(18-7)20-11-4-3-9(17)6-10(11)13(14,15)16/h3-6H,17H2,1-2H3. The number of hydrogen-bond donors (Lipinski definition) is 1. The molecule has 1 aromatic heterocycles. The fourth-order valence-corrected chi connectivity index (χ4v) is 1.70. The smallest absolute Gasteiger partial charge is 0.420 e. The zero-order chi connectivity index (χ0) is 14.9. The SMILES string of the molecule is Cc1cc(C)nc(Oc2ccc(N)cc2C(F)(F)F)n1. The molecule has 0 saturated heterocycles. The van der Waals surface area contributed by atoms with Crippen LogP contribution in [0.4, 0.5) is 18.9 Å². The molecule has 2 aromatic rings. The number of nitrogen functional groups attached to an aromatic ring is 1.